The van der Waals surface area contributed by atoms with Gasteiger partial charge in [0.15, 0.2) is 0 Å². The minimum absolute atomic E-state index is 0.299. The molecule has 5 heteroatoms. The van der Waals surface area contributed by atoms with E-state index in [0.29, 0.717) is 11.5 Å². The van der Waals surface area contributed by atoms with E-state index >= 15 is 0 Å². The van der Waals surface area contributed by atoms with Crippen LogP contribution >= 0.6 is 11.9 Å². The number of pyridine rings is 1. The Balaban J connectivity index is 1.70. The predicted octanol–water partition coefficient (Wildman–Crippen LogP) is 4.36. The largest absolute Gasteiger partial charge is 0.369 e. The van der Waals surface area contributed by atoms with Gasteiger partial charge in [-0.1, -0.05) is 36.4 Å². The lowest BCUT2D eigenvalue weighted by molar-refractivity contribution is 0.218. The topological polar surface area (TPSA) is 54.2 Å². The van der Waals surface area contributed by atoms with Crippen molar-refractivity contribution >= 4 is 17.8 Å². The monoisotopic (exact) mass is 370 g/mol. The molecule has 2 heterocycles. The second kappa shape index (κ2) is 8.42. The third-order valence-corrected chi connectivity index (χ3v) is 6.09. The molecule has 2 unspecified atom stereocenters. The zero-order chi connectivity index (χ0) is 18.6. The maximum atomic E-state index is 5.63. The van der Waals surface area contributed by atoms with Gasteiger partial charge >= 0.3 is 0 Å². The highest BCUT2D eigenvalue weighted by atomic mass is 32.2. The van der Waals surface area contributed by atoms with Gasteiger partial charge < -0.3 is 10.2 Å². The van der Waals surface area contributed by atoms with E-state index in [1.54, 1.807) is 0 Å². The summed E-state index contributed by atoms with van der Waals surface area (Å²) < 4.78 is 0. The fourth-order valence-electron chi connectivity index (χ4n) is 3.99. The molecule has 0 spiro atoms. The normalized spacial score (nSPS) is 20.8. The summed E-state index contributed by atoms with van der Waals surface area (Å²) >= 11 is 1.18. The van der Waals surface area contributed by atoms with Crippen LogP contribution in [0.1, 0.15) is 38.2 Å². The fourth-order valence-corrected chi connectivity index (χ4v) is 4.30. The highest BCUT2D eigenvalue weighted by molar-refractivity contribution is 7.97. The Morgan fingerprint density at radius 2 is 2.00 bits per heavy atom. The van der Waals surface area contributed by atoms with E-state index in [1.807, 2.05) is 18.2 Å². The number of hydrogen-bond donors (Lipinski definition) is 2. The Morgan fingerprint density at radius 3 is 2.65 bits per heavy atom. The fraction of sp³-hybridized carbons (Fsp3) is 0.476. The molecule has 140 valence electrons. The number of likely N-dealkylation sites (tertiary alicyclic amines) is 1. The number of nitrogens with one attached hydrogen (secondary N) is 1. The summed E-state index contributed by atoms with van der Waals surface area (Å²) in [4.78, 5) is 7.04. The molecule has 26 heavy (non-hydrogen) atoms. The van der Waals surface area contributed by atoms with E-state index in [0.717, 1.165) is 23.3 Å². The van der Waals surface area contributed by atoms with Gasteiger partial charge in [-0.15, -0.1) is 0 Å². The van der Waals surface area contributed by atoms with Crippen LogP contribution < -0.4 is 10.5 Å². The highest BCUT2D eigenvalue weighted by Gasteiger charge is 2.36. The molecule has 3 rings (SSSR count). The summed E-state index contributed by atoms with van der Waals surface area (Å²) in [5, 5.41) is 10.0. The predicted molar refractivity (Wildman–Crippen MR) is 111 cm³/mol. The maximum Gasteiger partial charge on any atom is 0.127 e. The molecule has 2 aromatic rings. The van der Waals surface area contributed by atoms with Crippen molar-refractivity contribution in [3.05, 3.63) is 54.1 Å². The average Bonchev–Trinajstić information content (AvgIpc) is 2.91. The Morgan fingerprint density at radius 1 is 1.23 bits per heavy atom. The van der Waals surface area contributed by atoms with Gasteiger partial charge in [0.2, 0.25) is 0 Å². The lowest BCUT2D eigenvalue weighted by Gasteiger charge is -2.26. The van der Waals surface area contributed by atoms with Gasteiger partial charge in [0.05, 0.1) is 0 Å². The van der Waals surface area contributed by atoms with Crippen molar-refractivity contribution in [1.29, 1.82) is 0 Å². The number of hydrogen-bond acceptors (Lipinski definition) is 5. The summed E-state index contributed by atoms with van der Waals surface area (Å²) in [6.45, 7) is 6.76. The second-order valence-corrected chi connectivity index (χ2v) is 8.62. The van der Waals surface area contributed by atoms with Gasteiger partial charge in [-0.25, -0.2) is 4.98 Å². The average molecular weight is 371 g/mol. The summed E-state index contributed by atoms with van der Waals surface area (Å²) in [6.07, 6.45) is 2.44. The molecule has 1 aromatic carbocycles. The van der Waals surface area contributed by atoms with E-state index in [-0.39, 0.29) is 0 Å². The van der Waals surface area contributed by atoms with Crippen molar-refractivity contribution in [3.63, 3.8) is 0 Å². The number of rotatable bonds is 7. The van der Waals surface area contributed by atoms with Gasteiger partial charge in [0.25, 0.3) is 0 Å². The molecule has 1 aromatic heterocycles. The zero-order valence-electron chi connectivity index (χ0n) is 16.0. The van der Waals surface area contributed by atoms with E-state index in [9.17, 15) is 0 Å². The van der Waals surface area contributed by atoms with Gasteiger partial charge in [-0.3, -0.25) is 5.14 Å². The minimum atomic E-state index is 0.299. The third-order valence-electron chi connectivity index (χ3n) is 5.62. The Bertz CT molecular complexity index is 704. The third kappa shape index (κ3) is 4.78. The summed E-state index contributed by atoms with van der Waals surface area (Å²) in [7, 11) is 2.25. The number of aromatic nitrogens is 1. The van der Waals surface area contributed by atoms with Crippen molar-refractivity contribution in [1.82, 2.24) is 9.88 Å². The van der Waals surface area contributed by atoms with Crippen molar-refractivity contribution in [3.8, 4) is 0 Å². The summed E-state index contributed by atoms with van der Waals surface area (Å²) in [5.41, 5.74) is 1.70. The van der Waals surface area contributed by atoms with Crippen LogP contribution in [0.3, 0.4) is 0 Å². The molecule has 1 aliphatic rings. The number of nitrogens with two attached hydrogens (primary N) is 1. The van der Waals surface area contributed by atoms with Crippen LogP contribution in [0.15, 0.2) is 53.6 Å². The van der Waals surface area contributed by atoms with Crippen LogP contribution in [0.25, 0.3) is 0 Å². The van der Waals surface area contributed by atoms with Crippen LogP contribution in [0.5, 0.6) is 0 Å². The van der Waals surface area contributed by atoms with E-state index in [2.05, 4.69) is 66.4 Å². The first-order valence-electron chi connectivity index (χ1n) is 9.32. The van der Waals surface area contributed by atoms with Crippen molar-refractivity contribution in [2.75, 3.05) is 25.5 Å². The van der Waals surface area contributed by atoms with Crippen LogP contribution in [0, 0.1) is 5.92 Å². The highest BCUT2D eigenvalue weighted by Crippen LogP contribution is 2.37. The molecule has 4 nitrogen and oxygen atoms in total. The molecular formula is C21H30N4S. The Kier molecular flexibility index (Phi) is 6.22. The van der Waals surface area contributed by atoms with E-state index in [4.69, 9.17) is 5.14 Å². The Labute approximate surface area is 161 Å². The Hall–Kier alpha value is -1.56. The molecule has 0 bridgehead atoms. The molecule has 0 amide bonds. The smallest absolute Gasteiger partial charge is 0.127 e. The number of anilines is 1. The molecular weight excluding hydrogens is 340 g/mol. The van der Waals surface area contributed by atoms with E-state index in [1.165, 1.54) is 36.9 Å². The van der Waals surface area contributed by atoms with Crippen molar-refractivity contribution in [2.45, 2.75) is 43.2 Å². The van der Waals surface area contributed by atoms with Gasteiger partial charge in [0.1, 0.15) is 10.8 Å². The van der Waals surface area contributed by atoms with Crippen LogP contribution in [0.4, 0.5) is 5.82 Å². The van der Waals surface area contributed by atoms with Gasteiger partial charge in [0, 0.05) is 24.5 Å². The number of nitrogens with zero attached hydrogens (tertiary/aromatic N) is 2. The van der Waals surface area contributed by atoms with E-state index < -0.39 is 0 Å². The van der Waals surface area contributed by atoms with Gasteiger partial charge in [-0.2, -0.15) is 0 Å². The van der Waals surface area contributed by atoms with Gasteiger partial charge in [-0.05, 0) is 69.3 Å². The first-order valence-corrected chi connectivity index (χ1v) is 10.2. The summed E-state index contributed by atoms with van der Waals surface area (Å²) in [5.74, 6) is 2.09. The quantitative estimate of drug-likeness (QED) is 0.709. The lowest BCUT2D eigenvalue weighted by atomic mass is 9.85. The second-order valence-electron chi connectivity index (χ2n) is 7.97. The molecule has 3 N–H and O–H groups in total. The van der Waals surface area contributed by atoms with Crippen LogP contribution in [0.2, 0.25) is 0 Å². The molecule has 2 atom stereocenters. The molecule has 1 aliphatic heterocycles. The van der Waals surface area contributed by atoms with Crippen LogP contribution in [-0.4, -0.2) is 35.6 Å². The number of benzene rings is 1. The summed E-state index contributed by atoms with van der Waals surface area (Å²) in [6, 6.07) is 16.8. The lowest BCUT2D eigenvalue weighted by Crippen LogP contribution is -2.34. The first-order chi connectivity index (χ1) is 12.5. The molecule has 0 aliphatic carbocycles. The molecule has 0 saturated carbocycles. The first kappa shape index (κ1) is 19.2. The van der Waals surface area contributed by atoms with Crippen molar-refractivity contribution in [2.24, 2.45) is 11.1 Å². The van der Waals surface area contributed by atoms with Crippen molar-refractivity contribution < 1.29 is 0 Å². The maximum absolute atomic E-state index is 5.63. The van der Waals surface area contributed by atoms with Crippen LogP contribution in [-0.2, 0) is 0 Å². The SMILES string of the molecule is CN1CC(CC(CNc2cccc(SN)n2)c2ccccc2)CC1(C)C. The molecule has 1 saturated heterocycles. The molecule has 1 fully saturated rings. The minimum Gasteiger partial charge on any atom is -0.369 e. The standard InChI is InChI=1S/C21H30N4S/c1-21(2)13-16(15-25(21)3)12-18(17-8-5-4-6-9-17)14-23-19-10-7-11-20(24-19)26-22/h4-11,16,18H,12-15,22H2,1-3H3,(H,23,24). The molecule has 0 radical (unpaired) electrons. The zero-order valence-corrected chi connectivity index (χ0v) is 16.8.